The van der Waals surface area contributed by atoms with Crippen LogP contribution in [0, 0.1) is 0 Å². The second-order valence-electron chi connectivity index (χ2n) is 6.40. The molecule has 0 spiro atoms. The number of nitrogens with zero attached hydrogens (tertiary/aromatic N) is 3. The number of hydrogen-bond acceptors (Lipinski definition) is 5. The maximum absolute atomic E-state index is 12.7. The zero-order chi connectivity index (χ0) is 18.7. The van der Waals surface area contributed by atoms with E-state index in [-0.39, 0.29) is 10.9 Å². The average Bonchev–Trinajstić information content (AvgIpc) is 3.17. The normalized spacial score (nSPS) is 16.7. The number of sulfonamides is 1. The Morgan fingerprint density at radius 3 is 2.67 bits per heavy atom. The van der Waals surface area contributed by atoms with Gasteiger partial charge in [0.25, 0.3) is 0 Å². The quantitative estimate of drug-likeness (QED) is 0.706. The molecule has 0 radical (unpaired) electrons. The van der Waals surface area contributed by atoms with Crippen molar-refractivity contribution in [3.05, 3.63) is 72.3 Å². The molecule has 3 aromatic rings. The number of fused-ring (bicyclic) bond motifs is 1. The van der Waals surface area contributed by atoms with Crippen molar-refractivity contribution in [3.8, 4) is 5.75 Å². The number of ether oxygens (including phenoxy) is 1. The summed E-state index contributed by atoms with van der Waals surface area (Å²) in [6, 6.07) is 15.9. The van der Waals surface area contributed by atoms with Gasteiger partial charge in [-0.15, -0.1) is 0 Å². The Labute approximate surface area is 158 Å². The molecule has 2 aromatic carbocycles. The highest BCUT2D eigenvalue weighted by atomic mass is 32.2. The van der Waals surface area contributed by atoms with E-state index in [4.69, 9.17) is 4.74 Å². The first-order valence-electron chi connectivity index (χ1n) is 8.79. The summed E-state index contributed by atoms with van der Waals surface area (Å²) in [7, 11) is -3.65. The zero-order valence-electron chi connectivity index (χ0n) is 14.7. The van der Waals surface area contributed by atoms with Crippen molar-refractivity contribution >= 4 is 10.0 Å². The lowest BCUT2D eigenvalue weighted by atomic mass is 10.1. The second kappa shape index (κ2) is 7.50. The summed E-state index contributed by atoms with van der Waals surface area (Å²) in [5, 5.41) is 4.12. The van der Waals surface area contributed by atoms with E-state index >= 15 is 0 Å². The molecule has 0 fully saturated rings. The van der Waals surface area contributed by atoms with Crippen molar-refractivity contribution in [2.45, 2.75) is 36.9 Å². The third-order valence-corrected chi connectivity index (χ3v) is 5.99. The molecule has 0 bridgehead atoms. The van der Waals surface area contributed by atoms with Gasteiger partial charge in [0.1, 0.15) is 24.5 Å². The second-order valence-corrected chi connectivity index (χ2v) is 8.12. The molecule has 1 aromatic heterocycles. The van der Waals surface area contributed by atoms with Crippen LogP contribution in [0.15, 0.2) is 65.8 Å². The fourth-order valence-electron chi connectivity index (χ4n) is 3.11. The maximum atomic E-state index is 12.7. The Kier molecular flexibility index (Phi) is 4.91. The highest BCUT2D eigenvalue weighted by Crippen LogP contribution is 2.25. The van der Waals surface area contributed by atoms with Gasteiger partial charge in [-0.3, -0.25) is 0 Å². The molecule has 0 amide bonds. The molecule has 1 N–H and O–H groups in total. The highest BCUT2D eigenvalue weighted by molar-refractivity contribution is 7.89. The van der Waals surface area contributed by atoms with Crippen LogP contribution in [-0.4, -0.2) is 23.2 Å². The van der Waals surface area contributed by atoms with Crippen LogP contribution in [0.4, 0.5) is 0 Å². The van der Waals surface area contributed by atoms with E-state index in [1.807, 2.05) is 30.3 Å². The van der Waals surface area contributed by atoms with Gasteiger partial charge in [-0.05, 0) is 42.7 Å². The first-order valence-corrected chi connectivity index (χ1v) is 10.3. The number of benzene rings is 2. The third kappa shape index (κ3) is 4.01. The molecule has 0 aliphatic carbocycles. The van der Waals surface area contributed by atoms with Crippen molar-refractivity contribution in [2.24, 2.45) is 0 Å². The Hall–Kier alpha value is -2.71. The molecule has 8 heteroatoms. The molecule has 1 aliphatic heterocycles. The van der Waals surface area contributed by atoms with Crippen LogP contribution >= 0.6 is 0 Å². The molecule has 1 aliphatic rings. The summed E-state index contributed by atoms with van der Waals surface area (Å²) in [6.07, 6.45) is 3.02. The Morgan fingerprint density at radius 2 is 1.89 bits per heavy atom. The number of aromatic nitrogens is 3. The molecule has 140 valence electrons. The van der Waals surface area contributed by atoms with Crippen molar-refractivity contribution in [2.75, 3.05) is 0 Å². The fourth-order valence-corrected chi connectivity index (χ4v) is 4.34. The van der Waals surface area contributed by atoms with Crippen LogP contribution in [-0.2, 0) is 23.2 Å². The monoisotopic (exact) mass is 384 g/mol. The fraction of sp³-hybridized carbons (Fsp3) is 0.263. The number of aryl methyl sites for hydroxylation is 1. The summed E-state index contributed by atoms with van der Waals surface area (Å²) >= 11 is 0. The first-order chi connectivity index (χ1) is 13.1. The van der Waals surface area contributed by atoms with Crippen LogP contribution in [0.25, 0.3) is 0 Å². The van der Waals surface area contributed by atoms with Gasteiger partial charge in [-0.2, -0.15) is 5.10 Å². The topological polar surface area (TPSA) is 86.1 Å². The summed E-state index contributed by atoms with van der Waals surface area (Å²) in [5.41, 5.74) is 1.05. The van der Waals surface area contributed by atoms with Gasteiger partial charge in [0.2, 0.25) is 10.0 Å². The molecule has 0 unspecified atom stereocenters. The predicted molar refractivity (Wildman–Crippen MR) is 99.5 cm³/mol. The van der Waals surface area contributed by atoms with Crippen LogP contribution < -0.4 is 9.46 Å². The molecular formula is C19H20N4O3S. The van der Waals surface area contributed by atoms with E-state index in [0.717, 1.165) is 18.5 Å². The molecule has 0 saturated carbocycles. The van der Waals surface area contributed by atoms with Gasteiger partial charge in [0, 0.05) is 6.54 Å². The summed E-state index contributed by atoms with van der Waals surface area (Å²) in [4.78, 5) is 4.39. The van der Waals surface area contributed by atoms with Gasteiger partial charge in [0.05, 0.1) is 10.9 Å². The summed E-state index contributed by atoms with van der Waals surface area (Å²) in [6.45, 7) is 1.20. The van der Waals surface area contributed by atoms with Crippen molar-refractivity contribution in [1.82, 2.24) is 19.5 Å². The van der Waals surface area contributed by atoms with Crippen LogP contribution in [0.1, 0.15) is 30.3 Å². The van der Waals surface area contributed by atoms with Crippen molar-refractivity contribution < 1.29 is 13.2 Å². The van der Waals surface area contributed by atoms with E-state index < -0.39 is 10.0 Å². The lowest BCUT2D eigenvalue weighted by Crippen LogP contribution is -2.33. The standard InChI is InChI=1S/C19H20N4O3S/c24-27(25,22-18-7-4-12-23-19(18)20-14-21-23)17-10-8-16(9-11-17)26-13-15-5-2-1-3-6-15/h1-3,5-6,8-11,14,18,22H,4,7,12-13H2/t18-/m1/s1. The third-order valence-electron chi connectivity index (χ3n) is 4.50. The Bertz CT molecular complexity index is 1000. The molecule has 0 saturated heterocycles. The number of hydrogen-bond donors (Lipinski definition) is 1. The predicted octanol–water partition coefficient (Wildman–Crippen LogP) is 2.67. The molecule has 27 heavy (non-hydrogen) atoms. The SMILES string of the molecule is O=S(=O)(N[C@@H]1CCCn2ncnc21)c1ccc(OCc2ccccc2)cc1. The van der Waals surface area contributed by atoms with E-state index in [0.29, 0.717) is 24.6 Å². The smallest absolute Gasteiger partial charge is 0.241 e. The Morgan fingerprint density at radius 1 is 1.11 bits per heavy atom. The summed E-state index contributed by atoms with van der Waals surface area (Å²) in [5.74, 6) is 1.28. The van der Waals surface area contributed by atoms with Gasteiger partial charge in [-0.25, -0.2) is 22.8 Å². The minimum atomic E-state index is -3.65. The molecular weight excluding hydrogens is 364 g/mol. The lowest BCUT2D eigenvalue weighted by molar-refractivity contribution is 0.306. The number of rotatable bonds is 6. The van der Waals surface area contributed by atoms with Crippen LogP contribution in [0.3, 0.4) is 0 Å². The molecule has 7 nitrogen and oxygen atoms in total. The highest BCUT2D eigenvalue weighted by Gasteiger charge is 2.27. The van der Waals surface area contributed by atoms with E-state index in [2.05, 4.69) is 14.8 Å². The van der Waals surface area contributed by atoms with E-state index in [1.165, 1.54) is 6.33 Å². The number of nitrogens with one attached hydrogen (secondary N) is 1. The van der Waals surface area contributed by atoms with Gasteiger partial charge < -0.3 is 4.74 Å². The van der Waals surface area contributed by atoms with Crippen molar-refractivity contribution in [3.63, 3.8) is 0 Å². The van der Waals surface area contributed by atoms with E-state index in [9.17, 15) is 8.42 Å². The molecule has 2 heterocycles. The minimum absolute atomic E-state index is 0.200. The first kappa shape index (κ1) is 17.7. The average molecular weight is 384 g/mol. The maximum Gasteiger partial charge on any atom is 0.241 e. The largest absolute Gasteiger partial charge is 0.489 e. The Balaban J connectivity index is 1.44. The minimum Gasteiger partial charge on any atom is -0.489 e. The zero-order valence-corrected chi connectivity index (χ0v) is 15.5. The molecule has 1 atom stereocenters. The van der Waals surface area contributed by atoms with Gasteiger partial charge in [0.15, 0.2) is 0 Å². The van der Waals surface area contributed by atoms with Crippen LogP contribution in [0.5, 0.6) is 5.75 Å². The van der Waals surface area contributed by atoms with Gasteiger partial charge >= 0.3 is 0 Å². The van der Waals surface area contributed by atoms with Crippen molar-refractivity contribution in [1.29, 1.82) is 0 Å². The lowest BCUT2D eigenvalue weighted by Gasteiger charge is -2.23. The van der Waals surface area contributed by atoms with Gasteiger partial charge in [-0.1, -0.05) is 30.3 Å². The molecule has 4 rings (SSSR count). The van der Waals surface area contributed by atoms with E-state index in [1.54, 1.807) is 28.9 Å². The summed E-state index contributed by atoms with van der Waals surface area (Å²) < 4.78 is 35.6. The van der Waals surface area contributed by atoms with Crippen LogP contribution in [0.2, 0.25) is 0 Å².